The summed E-state index contributed by atoms with van der Waals surface area (Å²) in [6.45, 7) is 11.6. The van der Waals surface area contributed by atoms with Crippen LogP contribution in [0.2, 0.25) is 0 Å². The van der Waals surface area contributed by atoms with Crippen LogP contribution in [0.4, 0.5) is 0 Å². The number of ether oxygens (including phenoxy) is 12. The van der Waals surface area contributed by atoms with Crippen LogP contribution in [0.3, 0.4) is 0 Å². The first-order chi connectivity index (χ1) is 40.5. The standard InChI is InChI=1S/C59H96O27/c1-24(2)17-25(63)18-58(7)34-12-15-57(6)27-9-10-33-55(3,4)35(13-14-56(33,5)26(27)11-16-59(34,57)54(74)86-58)82-53-48(39(68)32(23-77-53)81-50-41(70)40(69)36(65)29(19-60)78-50)85-52-44(73)47(38(67)31(21-62)80-52)84-49-42(71)45(28(64)22-76-49)83-51-43(72)46(75-8)37(66)30(20-61)79-51/h24-25,28-53,60-73H,9-23H2,1-8H3/t25-,28-,29-,30-,31-,32-,33+,34-,35+,36-,37-,38-,39+,40+,41-,42-,43-,44-,45+,46+,47+,48-,49+,50+,51+,52+,53+,56-,57+,58+,59-/m1/s1. The van der Waals surface area contributed by atoms with Crippen molar-refractivity contribution >= 4 is 5.97 Å². The molecule has 6 saturated heterocycles. The van der Waals surface area contributed by atoms with E-state index in [0.29, 0.717) is 38.5 Å². The SMILES string of the molecule is CO[C@@H]1[C@@H](O)[C@H](O[C@@H]2[C@@H](O)[C@H](O[C@@H]3[C@@H](O)[C@H](O[C@H]4[C@H](O[C@H]5CC[C@]6(C)C7=C(CC[C@H]6C5(C)C)[C@]5(C)CC[C@H]6[C@]5(CC7)C(=O)O[C@@]6(C)C[C@H](O)CC(C)C)OC[C@@H](O[C@@H]5O[C@H](CO)[C@@H](O)[C@H](O)[C@H]5O)[C@@H]4O)O[C@H](CO)[C@H]3O)OC[C@H]2O)O[C@H](CO)[C@H]1O. The summed E-state index contributed by atoms with van der Waals surface area (Å²) in [4.78, 5) is 14.5. The molecule has 27 heteroatoms. The van der Waals surface area contributed by atoms with E-state index in [0.717, 1.165) is 25.7 Å². The number of aliphatic hydroxyl groups excluding tert-OH is 14. The van der Waals surface area contributed by atoms with Crippen molar-refractivity contribution in [3.8, 4) is 0 Å². The Morgan fingerprint density at radius 1 is 0.547 bits per heavy atom. The molecule has 86 heavy (non-hydrogen) atoms. The highest BCUT2D eigenvalue weighted by atomic mass is 16.8. The van der Waals surface area contributed by atoms with Gasteiger partial charge in [0.15, 0.2) is 31.5 Å². The summed E-state index contributed by atoms with van der Waals surface area (Å²) in [6.07, 6.45) is -33.3. The van der Waals surface area contributed by atoms with Gasteiger partial charge in [0.1, 0.15) is 115 Å². The van der Waals surface area contributed by atoms with Gasteiger partial charge in [-0.1, -0.05) is 52.7 Å². The van der Waals surface area contributed by atoms with E-state index in [1.54, 1.807) is 0 Å². The van der Waals surface area contributed by atoms with Crippen LogP contribution in [-0.2, 0) is 61.6 Å². The molecule has 494 valence electrons. The Morgan fingerprint density at radius 2 is 1.12 bits per heavy atom. The summed E-state index contributed by atoms with van der Waals surface area (Å²) in [5, 5.41) is 154. The van der Waals surface area contributed by atoms with Gasteiger partial charge in [-0.05, 0) is 87.4 Å². The van der Waals surface area contributed by atoms with Gasteiger partial charge in [0.2, 0.25) is 0 Å². The predicted molar refractivity (Wildman–Crippen MR) is 290 cm³/mol. The lowest BCUT2D eigenvalue weighted by Crippen LogP contribution is -2.67. The summed E-state index contributed by atoms with van der Waals surface area (Å²) in [5.74, 6) is 0.125. The van der Waals surface area contributed by atoms with Crippen LogP contribution < -0.4 is 0 Å². The molecule has 27 nitrogen and oxygen atoms in total. The van der Waals surface area contributed by atoms with Crippen molar-refractivity contribution in [2.24, 2.45) is 39.4 Å². The number of allylic oxidation sites excluding steroid dienone is 2. The van der Waals surface area contributed by atoms with Gasteiger partial charge in [0.25, 0.3) is 0 Å². The molecule has 0 unspecified atom stereocenters. The minimum Gasteiger partial charge on any atom is -0.458 e. The van der Waals surface area contributed by atoms with Crippen molar-refractivity contribution < 1.29 is 133 Å². The monoisotopic (exact) mass is 1240 g/mol. The second-order valence-corrected chi connectivity index (χ2v) is 27.8. The molecule has 0 aromatic carbocycles. The van der Waals surface area contributed by atoms with Crippen LogP contribution in [0.1, 0.15) is 113 Å². The summed E-state index contributed by atoms with van der Waals surface area (Å²) in [7, 11) is 1.20. The maximum atomic E-state index is 14.5. The highest BCUT2D eigenvalue weighted by molar-refractivity contribution is 5.83. The van der Waals surface area contributed by atoms with E-state index in [9.17, 15) is 76.3 Å². The fourth-order valence-electron chi connectivity index (χ4n) is 17.5. The molecule has 0 aromatic heterocycles. The van der Waals surface area contributed by atoms with E-state index >= 15 is 0 Å². The predicted octanol–water partition coefficient (Wildman–Crippen LogP) is -2.76. The van der Waals surface area contributed by atoms with Crippen LogP contribution >= 0.6 is 0 Å². The molecule has 0 aromatic rings. The largest absolute Gasteiger partial charge is 0.458 e. The van der Waals surface area contributed by atoms with Gasteiger partial charge in [0.05, 0.1) is 50.7 Å². The third-order valence-electron chi connectivity index (χ3n) is 22.0. The molecule has 1 spiro atoms. The van der Waals surface area contributed by atoms with E-state index in [2.05, 4.69) is 41.5 Å². The summed E-state index contributed by atoms with van der Waals surface area (Å²) in [5.41, 5.74) is -0.139. The number of methoxy groups -OCH3 is 1. The van der Waals surface area contributed by atoms with Crippen LogP contribution in [-0.4, -0.2) is 277 Å². The smallest absolute Gasteiger partial charge is 0.313 e. The molecule has 0 radical (unpaired) electrons. The Hall–Kier alpha value is -1.79. The first kappa shape index (κ1) is 67.1. The van der Waals surface area contributed by atoms with Gasteiger partial charge in [0, 0.05) is 24.9 Å². The Bertz CT molecular complexity index is 2370. The van der Waals surface area contributed by atoms with Crippen LogP contribution in [0.15, 0.2) is 11.1 Å². The third-order valence-corrected chi connectivity index (χ3v) is 22.0. The second-order valence-electron chi connectivity index (χ2n) is 27.8. The Morgan fingerprint density at radius 3 is 1.74 bits per heavy atom. The topological polar surface area (TPSA) is 411 Å². The van der Waals surface area contributed by atoms with Gasteiger partial charge in [-0.3, -0.25) is 4.79 Å². The highest BCUT2D eigenvalue weighted by Gasteiger charge is 2.75. The van der Waals surface area contributed by atoms with Crippen molar-refractivity contribution in [1.29, 1.82) is 0 Å². The fraction of sp³-hybridized carbons (Fsp3) is 0.949. The van der Waals surface area contributed by atoms with Crippen molar-refractivity contribution in [3.63, 3.8) is 0 Å². The molecule has 8 fully saturated rings. The lowest BCUT2D eigenvalue weighted by Gasteiger charge is -2.62. The molecule has 10 aliphatic rings. The summed E-state index contributed by atoms with van der Waals surface area (Å²) >= 11 is 0. The van der Waals surface area contributed by atoms with Gasteiger partial charge in [-0.2, -0.15) is 0 Å². The number of hydrogen-bond donors (Lipinski definition) is 14. The Kier molecular flexibility index (Phi) is 20.0. The minimum atomic E-state index is -2.05. The average Bonchev–Trinajstić information content (AvgIpc) is 1.44. The zero-order valence-electron chi connectivity index (χ0n) is 50.3. The highest BCUT2D eigenvalue weighted by Crippen LogP contribution is 2.75. The Labute approximate surface area is 500 Å². The second kappa shape index (κ2) is 25.6. The summed E-state index contributed by atoms with van der Waals surface area (Å²) < 4.78 is 72.1. The lowest BCUT2D eigenvalue weighted by molar-refractivity contribution is -0.393. The fourth-order valence-corrected chi connectivity index (χ4v) is 17.5. The average molecular weight is 1240 g/mol. The first-order valence-corrected chi connectivity index (χ1v) is 30.8. The van der Waals surface area contributed by atoms with Gasteiger partial charge in [-0.25, -0.2) is 0 Å². The molecule has 0 amide bonds. The molecule has 14 N–H and O–H groups in total. The van der Waals surface area contributed by atoms with Crippen molar-refractivity contribution in [2.75, 3.05) is 40.1 Å². The zero-order chi connectivity index (χ0) is 62.5. The van der Waals surface area contributed by atoms with E-state index in [-0.39, 0.29) is 29.1 Å². The van der Waals surface area contributed by atoms with Gasteiger partial charge < -0.3 is 128 Å². The van der Waals surface area contributed by atoms with Gasteiger partial charge in [-0.15, -0.1) is 0 Å². The van der Waals surface area contributed by atoms with E-state index < -0.39 is 208 Å². The molecule has 6 heterocycles. The minimum absolute atomic E-state index is 0.0361. The molecular formula is C59H96O27. The van der Waals surface area contributed by atoms with Crippen molar-refractivity contribution in [1.82, 2.24) is 0 Å². The number of carbonyl (C=O) groups excluding carboxylic acids is 1. The van der Waals surface area contributed by atoms with Crippen molar-refractivity contribution in [2.45, 2.75) is 272 Å². The van der Waals surface area contributed by atoms with E-state index in [1.807, 2.05) is 6.92 Å². The van der Waals surface area contributed by atoms with E-state index in [1.165, 1.54) is 18.3 Å². The number of fused-ring (bicyclic) bond motifs is 3. The molecule has 6 aliphatic heterocycles. The van der Waals surface area contributed by atoms with Crippen LogP contribution in [0.5, 0.6) is 0 Å². The van der Waals surface area contributed by atoms with E-state index in [4.69, 9.17) is 56.8 Å². The lowest BCUT2D eigenvalue weighted by atomic mass is 9.43. The molecular weight excluding hydrogens is 1140 g/mol. The number of carbonyl (C=O) groups is 1. The maximum absolute atomic E-state index is 14.5. The number of aliphatic hydroxyl groups is 14. The number of cyclic esters (lactones) is 1. The first-order valence-electron chi connectivity index (χ1n) is 30.8. The molecule has 31 atom stereocenters. The zero-order valence-corrected chi connectivity index (χ0v) is 50.3. The molecule has 4 aliphatic carbocycles. The molecule has 0 bridgehead atoms. The Balaban J connectivity index is 0.888. The van der Waals surface area contributed by atoms with Gasteiger partial charge >= 0.3 is 5.97 Å². The van der Waals surface area contributed by atoms with Crippen LogP contribution in [0.25, 0.3) is 0 Å². The van der Waals surface area contributed by atoms with Crippen LogP contribution in [0, 0.1) is 39.4 Å². The summed E-state index contributed by atoms with van der Waals surface area (Å²) in [6, 6.07) is 0. The quantitative estimate of drug-likeness (QED) is 0.0488. The third kappa shape index (κ3) is 11.4. The normalized spacial score (nSPS) is 51.6. The molecule has 10 rings (SSSR count). The van der Waals surface area contributed by atoms with Crippen molar-refractivity contribution in [3.05, 3.63) is 11.1 Å². The number of esters is 1. The maximum Gasteiger partial charge on any atom is 0.313 e. The number of rotatable bonds is 18. The number of hydrogen-bond acceptors (Lipinski definition) is 27. The molecule has 2 saturated carbocycles.